The van der Waals surface area contributed by atoms with Crippen LogP contribution in [0.1, 0.15) is 57.0 Å². The highest BCUT2D eigenvalue weighted by Crippen LogP contribution is 2.51. The van der Waals surface area contributed by atoms with Gasteiger partial charge in [0.2, 0.25) is 0 Å². The lowest BCUT2D eigenvalue weighted by Gasteiger charge is -2.39. The minimum atomic E-state index is -3.27. The van der Waals surface area contributed by atoms with Gasteiger partial charge in [-0.15, -0.1) is 0 Å². The topological polar surface area (TPSA) is 184 Å². The summed E-state index contributed by atoms with van der Waals surface area (Å²) in [6.45, 7) is 8.10. The fourth-order valence-electron chi connectivity index (χ4n) is 7.71. The number of ether oxygens (including phenoxy) is 5. The molecule has 2 saturated heterocycles. The monoisotopic (exact) mass is 923 g/mol. The van der Waals surface area contributed by atoms with Gasteiger partial charge in [-0.1, -0.05) is 54.6 Å². The number of nitrogens with zero attached hydrogens (tertiary/aromatic N) is 4. The molecule has 3 heterocycles. The summed E-state index contributed by atoms with van der Waals surface area (Å²) in [6.07, 6.45) is -3.15. The summed E-state index contributed by atoms with van der Waals surface area (Å²) in [4.78, 5) is 29.9. The number of hydrogen-bond donors (Lipinski definition) is 1. The number of benzene rings is 3. The molecule has 0 aliphatic carbocycles. The number of hydrogen-bond acceptors (Lipinski definition) is 14. The summed E-state index contributed by atoms with van der Waals surface area (Å²) in [5.74, 6) is 1.05. The van der Waals surface area contributed by atoms with E-state index in [9.17, 15) is 23.3 Å². The number of rotatable bonds is 18. The van der Waals surface area contributed by atoms with E-state index in [-0.39, 0.29) is 61.5 Å². The molecular formula is C44H54N5O11PS2. The van der Waals surface area contributed by atoms with Gasteiger partial charge in [-0.05, 0) is 80.9 Å². The van der Waals surface area contributed by atoms with Gasteiger partial charge in [0.15, 0.2) is 22.2 Å². The highest BCUT2D eigenvalue weighted by atomic mass is 32.2. The number of aromatic nitrogens is 2. The van der Waals surface area contributed by atoms with Crippen LogP contribution in [0.4, 0.5) is 0 Å². The van der Waals surface area contributed by atoms with Crippen LogP contribution in [0.5, 0.6) is 11.5 Å². The molecule has 1 aromatic heterocycles. The van der Waals surface area contributed by atoms with Crippen LogP contribution >= 0.6 is 20.7 Å². The first-order valence-corrected chi connectivity index (χ1v) is 23.9. The maximum atomic E-state index is 13.6. The predicted octanol–water partition coefficient (Wildman–Crippen LogP) is 5.52. The average molecular weight is 924 g/mol. The van der Waals surface area contributed by atoms with Gasteiger partial charge < -0.3 is 37.6 Å². The Bertz CT molecular complexity index is 2340. The Hall–Kier alpha value is -4.70. The van der Waals surface area contributed by atoms with Crippen LogP contribution in [0.3, 0.4) is 0 Å². The van der Waals surface area contributed by atoms with E-state index >= 15 is 0 Å². The lowest BCUT2D eigenvalue weighted by molar-refractivity contribution is -0.0944. The normalized spacial score (nSPS) is 20.4. The van der Waals surface area contributed by atoms with Crippen LogP contribution in [-0.4, -0.2) is 115 Å². The predicted molar refractivity (Wildman–Crippen MR) is 241 cm³/mol. The molecule has 6 rings (SSSR count). The SMILES string of the molecule is COc1ccc(C(OC[C@H]2O[C@@H](n3ccc(=O)[nH]c3=O)[C@H](OC(=S)N3CCS(=O)(=O)CC3)[C@@H]2OP(OCCC#N)N(C(C)C)C(C)C)(c2ccccc2)c2ccc(OC)cc2)cc1. The van der Waals surface area contributed by atoms with Gasteiger partial charge >= 0.3 is 5.69 Å². The molecule has 1 unspecified atom stereocenters. The van der Waals surface area contributed by atoms with Crippen molar-refractivity contribution in [2.75, 3.05) is 52.0 Å². The zero-order valence-corrected chi connectivity index (χ0v) is 38.6. The second-order valence-electron chi connectivity index (χ2n) is 15.5. The fraction of sp³-hybridized carbons (Fsp3) is 0.455. The second kappa shape index (κ2) is 21.3. The molecule has 63 heavy (non-hydrogen) atoms. The average Bonchev–Trinajstić information content (AvgIpc) is 3.59. The molecule has 0 radical (unpaired) electrons. The van der Waals surface area contributed by atoms with Crippen molar-refractivity contribution in [3.63, 3.8) is 0 Å². The third-order valence-electron chi connectivity index (χ3n) is 10.8. The first kappa shape index (κ1) is 47.8. The van der Waals surface area contributed by atoms with Gasteiger partial charge in [0.05, 0.1) is 51.4 Å². The van der Waals surface area contributed by atoms with Gasteiger partial charge in [0, 0.05) is 37.4 Å². The van der Waals surface area contributed by atoms with Crippen molar-refractivity contribution >= 4 is 35.8 Å². The van der Waals surface area contributed by atoms with E-state index in [0.717, 1.165) is 16.7 Å². The Morgan fingerprint density at radius 1 is 0.905 bits per heavy atom. The number of aromatic amines is 1. The third kappa shape index (κ3) is 11.2. The molecule has 2 aliphatic rings. The molecule has 0 bridgehead atoms. The molecule has 19 heteroatoms. The minimum absolute atomic E-state index is 0.0226. The highest BCUT2D eigenvalue weighted by Gasteiger charge is 2.53. The molecule has 4 aromatic rings. The molecule has 0 spiro atoms. The highest BCUT2D eigenvalue weighted by molar-refractivity contribution is 7.91. The molecule has 2 aliphatic heterocycles. The van der Waals surface area contributed by atoms with Crippen LogP contribution < -0.4 is 20.7 Å². The minimum Gasteiger partial charge on any atom is -0.497 e. The summed E-state index contributed by atoms with van der Waals surface area (Å²) in [5, 5.41) is 9.47. The van der Waals surface area contributed by atoms with Gasteiger partial charge in [0.1, 0.15) is 29.3 Å². The van der Waals surface area contributed by atoms with Gasteiger partial charge in [-0.3, -0.25) is 14.3 Å². The van der Waals surface area contributed by atoms with Gasteiger partial charge in [-0.2, -0.15) is 5.26 Å². The van der Waals surface area contributed by atoms with E-state index < -0.39 is 59.8 Å². The van der Waals surface area contributed by atoms with Crippen molar-refractivity contribution in [3.8, 4) is 17.6 Å². The van der Waals surface area contributed by atoms with Crippen LogP contribution in [0.15, 0.2) is 101 Å². The Kier molecular flexibility index (Phi) is 16.2. The lowest BCUT2D eigenvalue weighted by Crippen LogP contribution is -2.48. The standard InChI is InChI=1S/C44H54N5O11PS2/c1-30(2)49(31(3)4)61(57-26-10-22-45)60-39-37(58-41(48-23-21-38(50)46-42(48)51)40(39)59-43(62)47-24-27-63(52,53)28-25-47)29-56-44(32-11-8-7-9-12-32,33-13-17-35(54-5)18-14-33)34-15-19-36(55-6)20-16-34/h7-9,11-21,23,30-31,37,39-41H,10,24-29H2,1-6H3,(H,46,50,51)/t37-,39-,40-,41-,61?/m1/s1. The van der Waals surface area contributed by atoms with E-state index in [0.29, 0.717) is 11.5 Å². The van der Waals surface area contributed by atoms with E-state index in [1.54, 1.807) is 19.1 Å². The Morgan fingerprint density at radius 3 is 2.00 bits per heavy atom. The number of thiocarbonyl (C=S) groups is 1. The smallest absolute Gasteiger partial charge is 0.330 e. The number of sulfone groups is 1. The summed E-state index contributed by atoms with van der Waals surface area (Å²) < 4.78 is 73.4. The Balaban J connectivity index is 1.51. The molecule has 1 N–H and O–H groups in total. The lowest BCUT2D eigenvalue weighted by atomic mass is 9.80. The largest absolute Gasteiger partial charge is 0.497 e. The van der Waals surface area contributed by atoms with Crippen molar-refractivity contribution in [3.05, 3.63) is 129 Å². The zero-order chi connectivity index (χ0) is 45.3. The molecule has 2 fully saturated rings. The Labute approximate surface area is 374 Å². The zero-order valence-electron chi connectivity index (χ0n) is 36.1. The van der Waals surface area contributed by atoms with Crippen molar-refractivity contribution in [2.45, 2.75) is 76.3 Å². The molecule has 3 aromatic carbocycles. The molecule has 16 nitrogen and oxygen atoms in total. The first-order valence-electron chi connectivity index (χ1n) is 20.6. The fourth-order valence-corrected chi connectivity index (χ4v) is 11.0. The molecule has 0 amide bonds. The summed E-state index contributed by atoms with van der Waals surface area (Å²) >= 11 is 5.85. The van der Waals surface area contributed by atoms with E-state index in [2.05, 4.69) is 15.7 Å². The van der Waals surface area contributed by atoms with Crippen molar-refractivity contribution < 1.29 is 41.1 Å². The summed E-state index contributed by atoms with van der Waals surface area (Å²) in [7, 11) is -2.04. The van der Waals surface area contributed by atoms with Crippen molar-refractivity contribution in [2.24, 2.45) is 0 Å². The van der Waals surface area contributed by atoms with Gasteiger partial charge in [-0.25, -0.2) is 17.9 Å². The number of H-pyrrole nitrogens is 1. The maximum Gasteiger partial charge on any atom is 0.330 e. The van der Waals surface area contributed by atoms with Crippen LogP contribution in [0.2, 0.25) is 0 Å². The number of nitrogens with one attached hydrogen (secondary N) is 1. The summed E-state index contributed by atoms with van der Waals surface area (Å²) in [5.41, 5.74) is -0.386. The van der Waals surface area contributed by atoms with Crippen LogP contribution in [0.25, 0.3) is 0 Å². The second-order valence-corrected chi connectivity index (χ2v) is 19.6. The van der Waals surface area contributed by atoms with E-state index in [1.165, 1.54) is 16.8 Å². The number of nitriles is 1. The quantitative estimate of drug-likeness (QED) is 0.0569. The van der Waals surface area contributed by atoms with Crippen molar-refractivity contribution in [1.29, 1.82) is 5.26 Å². The van der Waals surface area contributed by atoms with Crippen molar-refractivity contribution in [1.82, 2.24) is 19.1 Å². The summed E-state index contributed by atoms with van der Waals surface area (Å²) in [6, 6.07) is 28.0. The third-order valence-corrected chi connectivity index (χ3v) is 14.9. The van der Waals surface area contributed by atoms with E-state index in [1.807, 2.05) is 107 Å². The first-order chi connectivity index (χ1) is 30.2. The molecule has 5 atom stereocenters. The van der Waals surface area contributed by atoms with Crippen LogP contribution in [-0.2, 0) is 38.7 Å². The van der Waals surface area contributed by atoms with Crippen LogP contribution in [0, 0.1) is 11.3 Å². The molecule has 338 valence electrons. The number of methoxy groups -OCH3 is 2. The van der Waals surface area contributed by atoms with E-state index in [4.69, 9.17) is 44.9 Å². The molecular weight excluding hydrogens is 870 g/mol. The Morgan fingerprint density at radius 2 is 1.48 bits per heavy atom. The van der Waals surface area contributed by atoms with Gasteiger partial charge in [0.25, 0.3) is 19.3 Å². The maximum absolute atomic E-state index is 13.6. The molecule has 0 saturated carbocycles.